The Morgan fingerprint density at radius 3 is 2.90 bits per heavy atom. The van der Waals surface area contributed by atoms with Gasteiger partial charge in [0.05, 0.1) is 16.5 Å². The third kappa shape index (κ3) is 4.02. The largest absolute Gasteiger partial charge is 0.342 e. The summed E-state index contributed by atoms with van der Waals surface area (Å²) in [4.78, 5) is 47.1. The van der Waals surface area contributed by atoms with E-state index in [-0.39, 0.29) is 28.5 Å². The minimum Gasteiger partial charge on any atom is -0.342 e. The summed E-state index contributed by atoms with van der Waals surface area (Å²) in [5.74, 6) is -1.66. The van der Waals surface area contributed by atoms with Gasteiger partial charge in [0.1, 0.15) is 11.6 Å². The zero-order valence-electron chi connectivity index (χ0n) is 16.3. The summed E-state index contributed by atoms with van der Waals surface area (Å²) in [5, 5.41) is 5.06. The van der Waals surface area contributed by atoms with Gasteiger partial charge >= 0.3 is 0 Å². The van der Waals surface area contributed by atoms with Gasteiger partial charge in [0.25, 0.3) is 5.56 Å². The van der Waals surface area contributed by atoms with Gasteiger partial charge in [0, 0.05) is 25.2 Å². The van der Waals surface area contributed by atoms with E-state index in [2.05, 4.69) is 27.5 Å². The van der Waals surface area contributed by atoms with Gasteiger partial charge in [0.2, 0.25) is 17.8 Å². The fraction of sp³-hybridized carbons (Fsp3) is 0.400. The van der Waals surface area contributed by atoms with Crippen molar-refractivity contribution >= 4 is 40.9 Å². The lowest BCUT2D eigenvalue weighted by atomic mass is 9.92. The Kier molecular flexibility index (Phi) is 5.46. The maximum atomic E-state index is 13.4. The molecule has 10 heteroatoms. The van der Waals surface area contributed by atoms with E-state index in [9.17, 15) is 18.8 Å². The van der Waals surface area contributed by atoms with Gasteiger partial charge in [-0.2, -0.15) is 4.98 Å². The summed E-state index contributed by atoms with van der Waals surface area (Å²) in [6, 6.07) is 3.74. The first kappa shape index (κ1) is 20.3. The maximum Gasteiger partial charge on any atom is 0.258 e. The van der Waals surface area contributed by atoms with Crippen molar-refractivity contribution < 1.29 is 14.0 Å². The van der Waals surface area contributed by atoms with Gasteiger partial charge < -0.3 is 15.5 Å². The summed E-state index contributed by atoms with van der Waals surface area (Å²) < 4.78 is 13.4. The van der Waals surface area contributed by atoms with Crippen LogP contribution in [0.3, 0.4) is 0 Å². The van der Waals surface area contributed by atoms with E-state index in [0.29, 0.717) is 11.9 Å². The Morgan fingerprint density at radius 1 is 1.37 bits per heavy atom. The first-order valence-electron chi connectivity index (χ1n) is 9.76. The summed E-state index contributed by atoms with van der Waals surface area (Å²) in [7, 11) is 0. The number of carbonyl (C=O) groups excluding carboxylic acids is 2. The van der Waals surface area contributed by atoms with Gasteiger partial charge in [-0.05, 0) is 37.0 Å². The number of aromatic amines is 1. The number of aromatic nitrogens is 2. The Bertz CT molecular complexity index is 1070. The number of hydrogen-bond donors (Lipinski definition) is 3. The molecule has 0 spiro atoms. The molecule has 1 saturated heterocycles. The minimum absolute atomic E-state index is 0.0977. The molecule has 1 aromatic carbocycles. The molecule has 2 aromatic rings. The fourth-order valence-corrected chi connectivity index (χ4v) is 4.10. The first-order valence-corrected chi connectivity index (χ1v) is 10.1. The Labute approximate surface area is 176 Å². The number of amides is 2. The number of carbonyl (C=O) groups is 2. The molecule has 0 radical (unpaired) electrons. The van der Waals surface area contributed by atoms with Crippen molar-refractivity contribution in [3.8, 4) is 0 Å². The van der Waals surface area contributed by atoms with Crippen LogP contribution in [0.25, 0.3) is 0 Å². The quantitative estimate of drug-likeness (QED) is 0.690. The zero-order chi connectivity index (χ0) is 21.4. The van der Waals surface area contributed by atoms with Crippen molar-refractivity contribution in [1.29, 1.82) is 0 Å². The number of fused-ring (bicyclic) bond motifs is 1. The zero-order valence-corrected chi connectivity index (χ0v) is 17.1. The molecule has 30 heavy (non-hydrogen) atoms. The molecule has 0 aliphatic carbocycles. The van der Waals surface area contributed by atoms with E-state index < -0.39 is 29.1 Å². The number of rotatable bonds is 3. The van der Waals surface area contributed by atoms with Gasteiger partial charge in [-0.15, -0.1) is 0 Å². The Morgan fingerprint density at radius 2 is 2.17 bits per heavy atom. The normalized spacial score (nSPS) is 21.0. The number of nitrogens with zero attached hydrogens (tertiary/aromatic N) is 2. The van der Waals surface area contributed by atoms with Crippen molar-refractivity contribution in [2.75, 3.05) is 28.6 Å². The number of hydrogen-bond acceptors (Lipinski definition) is 5. The third-order valence-corrected chi connectivity index (χ3v) is 5.69. The lowest BCUT2D eigenvalue weighted by molar-refractivity contribution is -0.123. The molecular weight excluding hydrogens is 413 g/mol. The number of benzene rings is 1. The Hall–Kier alpha value is -2.94. The van der Waals surface area contributed by atoms with Gasteiger partial charge in [-0.25, -0.2) is 4.39 Å². The second-order valence-corrected chi connectivity index (χ2v) is 8.18. The van der Waals surface area contributed by atoms with Crippen molar-refractivity contribution in [3.63, 3.8) is 0 Å². The molecule has 3 N–H and O–H groups in total. The highest BCUT2D eigenvalue weighted by molar-refractivity contribution is 6.31. The molecule has 2 aliphatic rings. The summed E-state index contributed by atoms with van der Waals surface area (Å²) >= 11 is 5.75. The first-order chi connectivity index (χ1) is 14.3. The molecule has 0 saturated carbocycles. The van der Waals surface area contributed by atoms with Crippen molar-refractivity contribution in [2.45, 2.75) is 32.1 Å². The van der Waals surface area contributed by atoms with Crippen LogP contribution < -0.4 is 21.1 Å². The molecule has 0 bridgehead atoms. The highest BCUT2D eigenvalue weighted by atomic mass is 35.5. The molecule has 0 unspecified atom stereocenters. The molecule has 2 amide bonds. The average molecular weight is 434 g/mol. The van der Waals surface area contributed by atoms with E-state index >= 15 is 0 Å². The summed E-state index contributed by atoms with van der Waals surface area (Å²) in [6.45, 7) is 3.65. The standard InChI is InChI=1S/C20H21ClFN5O3/c1-10-3-2-6-27(9-10)20-25-17-16(19(30)26-20)12(8-15(28)24-17)18(29)23-11-4-5-14(22)13(21)7-11/h4-5,7,10,12H,2-3,6,8-9H2,1H3,(H,23,29)(H2,24,25,26,28,30)/t10-,12+/m1/s1. The van der Waals surface area contributed by atoms with Gasteiger partial charge in [-0.3, -0.25) is 19.4 Å². The van der Waals surface area contributed by atoms with Crippen LogP contribution in [0.4, 0.5) is 21.8 Å². The predicted octanol–water partition coefficient (Wildman–Crippen LogP) is 2.86. The molecule has 1 aromatic heterocycles. The molecule has 3 heterocycles. The number of nitrogens with one attached hydrogen (secondary N) is 3. The van der Waals surface area contributed by atoms with E-state index in [1.165, 1.54) is 12.1 Å². The second kappa shape index (κ2) is 8.06. The highest BCUT2D eigenvalue weighted by Crippen LogP contribution is 2.31. The second-order valence-electron chi connectivity index (χ2n) is 7.77. The number of H-pyrrole nitrogens is 1. The number of halogens is 2. The minimum atomic E-state index is -1.02. The van der Waals surface area contributed by atoms with E-state index in [4.69, 9.17) is 11.6 Å². The van der Waals surface area contributed by atoms with Crippen LogP contribution in [-0.4, -0.2) is 34.9 Å². The fourth-order valence-electron chi connectivity index (χ4n) is 3.92. The molecule has 158 valence electrons. The topological polar surface area (TPSA) is 107 Å². The van der Waals surface area contributed by atoms with Crippen LogP contribution in [0, 0.1) is 11.7 Å². The maximum absolute atomic E-state index is 13.4. The summed E-state index contributed by atoms with van der Waals surface area (Å²) in [6.07, 6.45) is 1.90. The SMILES string of the molecule is C[C@@H]1CCCN(c2nc3c(c(=O)[nH]2)[C@@H](C(=O)Nc2ccc(F)c(Cl)c2)CC(=O)N3)C1. The van der Waals surface area contributed by atoms with Crippen LogP contribution in [0.5, 0.6) is 0 Å². The number of anilines is 3. The van der Waals surface area contributed by atoms with E-state index in [1.54, 1.807) is 0 Å². The average Bonchev–Trinajstić information content (AvgIpc) is 2.69. The van der Waals surface area contributed by atoms with Crippen LogP contribution >= 0.6 is 11.6 Å². The summed E-state index contributed by atoms with van der Waals surface area (Å²) in [5.41, 5.74) is -0.0955. The molecule has 2 atom stereocenters. The van der Waals surface area contributed by atoms with Crippen molar-refractivity contribution in [2.24, 2.45) is 5.92 Å². The van der Waals surface area contributed by atoms with Crippen molar-refractivity contribution in [1.82, 2.24) is 9.97 Å². The third-order valence-electron chi connectivity index (χ3n) is 5.40. The Balaban J connectivity index is 1.64. The van der Waals surface area contributed by atoms with Crippen LogP contribution in [0.2, 0.25) is 5.02 Å². The number of piperidine rings is 1. The molecule has 1 fully saturated rings. The lowest BCUT2D eigenvalue weighted by Gasteiger charge is -2.32. The van der Waals surface area contributed by atoms with E-state index in [0.717, 1.165) is 32.0 Å². The highest BCUT2D eigenvalue weighted by Gasteiger charge is 2.35. The molecule has 2 aliphatic heterocycles. The molecular formula is C20H21ClFN5O3. The van der Waals surface area contributed by atoms with Crippen molar-refractivity contribution in [3.05, 3.63) is 45.0 Å². The predicted molar refractivity (Wildman–Crippen MR) is 111 cm³/mol. The lowest BCUT2D eigenvalue weighted by Crippen LogP contribution is -2.40. The van der Waals surface area contributed by atoms with Gasteiger partial charge in [-0.1, -0.05) is 18.5 Å². The van der Waals surface area contributed by atoms with Crippen LogP contribution in [0.15, 0.2) is 23.0 Å². The van der Waals surface area contributed by atoms with Crippen LogP contribution in [0.1, 0.15) is 37.7 Å². The molecule has 4 rings (SSSR count). The molecule has 8 nitrogen and oxygen atoms in total. The van der Waals surface area contributed by atoms with E-state index in [1.807, 2.05) is 4.90 Å². The van der Waals surface area contributed by atoms with Gasteiger partial charge in [0.15, 0.2) is 0 Å². The van der Waals surface area contributed by atoms with Crippen LogP contribution in [-0.2, 0) is 9.59 Å². The monoisotopic (exact) mass is 433 g/mol. The smallest absolute Gasteiger partial charge is 0.258 e.